The number of pyridine rings is 1. The molecule has 0 amide bonds. The first-order valence-corrected chi connectivity index (χ1v) is 6.71. The molecule has 1 aliphatic rings. The topological polar surface area (TPSA) is 85.3 Å². The third-order valence-electron chi connectivity index (χ3n) is 3.58. The van der Waals surface area contributed by atoms with Gasteiger partial charge in [-0.2, -0.15) is 0 Å². The highest BCUT2D eigenvalue weighted by Gasteiger charge is 2.28. The second-order valence-corrected chi connectivity index (χ2v) is 5.03. The average molecular weight is 264 g/mol. The van der Waals surface area contributed by atoms with Crippen LogP contribution in [-0.2, 0) is 0 Å². The van der Waals surface area contributed by atoms with Gasteiger partial charge in [0.05, 0.1) is 4.92 Å². The van der Waals surface area contributed by atoms with Crippen LogP contribution in [0.15, 0.2) is 12.3 Å². The second-order valence-electron chi connectivity index (χ2n) is 5.03. The summed E-state index contributed by atoms with van der Waals surface area (Å²) >= 11 is 0. The van der Waals surface area contributed by atoms with E-state index < -0.39 is 0 Å². The minimum absolute atomic E-state index is 0.101. The fourth-order valence-corrected chi connectivity index (χ4v) is 2.67. The van der Waals surface area contributed by atoms with E-state index >= 15 is 0 Å². The molecule has 1 atom stereocenters. The highest BCUT2D eigenvalue weighted by atomic mass is 16.6. The predicted octanol–water partition coefficient (Wildman–Crippen LogP) is 2.01. The summed E-state index contributed by atoms with van der Waals surface area (Å²) in [6, 6.07) is 1.86. The maximum absolute atomic E-state index is 11.2. The number of hydrogen-bond acceptors (Lipinski definition) is 5. The summed E-state index contributed by atoms with van der Waals surface area (Å²) in [5.41, 5.74) is 6.55. The lowest BCUT2D eigenvalue weighted by molar-refractivity contribution is -0.384. The average Bonchev–Trinajstić information content (AvgIpc) is 2.40. The van der Waals surface area contributed by atoms with E-state index in [1.807, 2.05) is 6.92 Å². The smallest absolute Gasteiger partial charge is 0.311 e. The Morgan fingerprint density at radius 2 is 2.37 bits per heavy atom. The Morgan fingerprint density at radius 3 is 3.05 bits per heavy atom. The van der Waals surface area contributed by atoms with Crippen LogP contribution in [0.25, 0.3) is 0 Å². The van der Waals surface area contributed by atoms with Crippen LogP contribution < -0.4 is 10.6 Å². The number of nitro groups is 1. The van der Waals surface area contributed by atoms with Crippen molar-refractivity contribution in [3.05, 3.63) is 27.9 Å². The second kappa shape index (κ2) is 5.97. The quantitative estimate of drug-likeness (QED) is 0.664. The number of rotatable bonds is 4. The summed E-state index contributed by atoms with van der Waals surface area (Å²) in [7, 11) is 0. The molecule has 1 aliphatic heterocycles. The van der Waals surface area contributed by atoms with E-state index in [1.165, 1.54) is 0 Å². The molecule has 0 aliphatic carbocycles. The molecule has 0 saturated carbocycles. The number of aryl methyl sites for hydroxylation is 1. The molecule has 0 bridgehead atoms. The van der Waals surface area contributed by atoms with Crippen LogP contribution in [0.4, 0.5) is 11.5 Å². The van der Waals surface area contributed by atoms with Crippen LogP contribution in [0.2, 0.25) is 0 Å². The fraction of sp³-hybridized carbons (Fsp3) is 0.615. The van der Waals surface area contributed by atoms with Gasteiger partial charge >= 0.3 is 5.69 Å². The van der Waals surface area contributed by atoms with E-state index in [9.17, 15) is 10.1 Å². The Morgan fingerprint density at radius 1 is 1.58 bits per heavy atom. The van der Waals surface area contributed by atoms with E-state index in [1.54, 1.807) is 12.3 Å². The molecule has 1 saturated heterocycles. The van der Waals surface area contributed by atoms with Gasteiger partial charge in [0.2, 0.25) is 5.82 Å². The van der Waals surface area contributed by atoms with Gasteiger partial charge in [0.25, 0.3) is 0 Å². The largest absolute Gasteiger partial charge is 0.348 e. The third-order valence-corrected chi connectivity index (χ3v) is 3.58. The summed E-state index contributed by atoms with van der Waals surface area (Å²) < 4.78 is 0. The molecule has 1 aromatic rings. The molecule has 2 N–H and O–H groups in total. The van der Waals surface area contributed by atoms with Crippen molar-refractivity contribution >= 4 is 11.5 Å². The van der Waals surface area contributed by atoms with Crippen molar-refractivity contribution in [1.29, 1.82) is 0 Å². The zero-order valence-corrected chi connectivity index (χ0v) is 11.2. The van der Waals surface area contributed by atoms with Gasteiger partial charge in [0.15, 0.2) is 0 Å². The van der Waals surface area contributed by atoms with Crippen LogP contribution in [-0.4, -0.2) is 29.0 Å². The van der Waals surface area contributed by atoms with Crippen molar-refractivity contribution in [3.8, 4) is 0 Å². The number of nitrogens with zero attached hydrogens (tertiary/aromatic N) is 3. The van der Waals surface area contributed by atoms with Gasteiger partial charge < -0.3 is 10.6 Å². The molecule has 6 heteroatoms. The zero-order chi connectivity index (χ0) is 13.8. The molecule has 0 aromatic carbocycles. The summed E-state index contributed by atoms with van der Waals surface area (Å²) in [4.78, 5) is 17.2. The van der Waals surface area contributed by atoms with E-state index in [0.717, 1.165) is 37.8 Å². The molecule has 104 valence electrons. The molecule has 0 radical (unpaired) electrons. The number of hydrogen-bond donors (Lipinski definition) is 1. The van der Waals surface area contributed by atoms with Gasteiger partial charge in [-0.15, -0.1) is 0 Å². The highest BCUT2D eigenvalue weighted by Crippen LogP contribution is 2.32. The SMILES string of the molecule is Cc1cnc(N2CCCCC2CCN)c([N+](=O)[O-])c1. The van der Waals surface area contributed by atoms with Crippen molar-refractivity contribution in [3.63, 3.8) is 0 Å². The van der Waals surface area contributed by atoms with Gasteiger partial charge in [-0.25, -0.2) is 4.98 Å². The lowest BCUT2D eigenvalue weighted by atomic mass is 9.99. The molecule has 6 nitrogen and oxygen atoms in total. The maximum Gasteiger partial charge on any atom is 0.311 e. The van der Waals surface area contributed by atoms with E-state index in [0.29, 0.717) is 12.4 Å². The number of aromatic nitrogens is 1. The van der Waals surface area contributed by atoms with E-state index in [2.05, 4.69) is 9.88 Å². The first kappa shape index (κ1) is 13.7. The molecule has 1 aromatic heterocycles. The number of nitrogens with two attached hydrogens (primary N) is 1. The van der Waals surface area contributed by atoms with Crippen molar-refractivity contribution in [2.45, 2.75) is 38.6 Å². The molecular formula is C13H20N4O2. The lowest BCUT2D eigenvalue weighted by Crippen LogP contribution is -2.41. The Labute approximate surface area is 112 Å². The molecule has 0 spiro atoms. The molecule has 19 heavy (non-hydrogen) atoms. The van der Waals surface area contributed by atoms with Crippen LogP contribution in [0.1, 0.15) is 31.2 Å². The van der Waals surface area contributed by atoms with Gasteiger partial charge in [0, 0.05) is 24.8 Å². The Kier molecular flexibility index (Phi) is 4.31. The van der Waals surface area contributed by atoms with Gasteiger partial charge in [-0.1, -0.05) is 0 Å². The van der Waals surface area contributed by atoms with Crippen LogP contribution >= 0.6 is 0 Å². The molecule has 1 fully saturated rings. The summed E-state index contributed by atoms with van der Waals surface area (Å²) in [5.74, 6) is 0.494. The van der Waals surface area contributed by atoms with Crippen LogP contribution in [0, 0.1) is 17.0 Å². The zero-order valence-electron chi connectivity index (χ0n) is 11.2. The summed E-state index contributed by atoms with van der Waals surface area (Å²) in [6.07, 6.45) is 5.78. The minimum atomic E-state index is -0.344. The molecule has 2 heterocycles. The lowest BCUT2D eigenvalue weighted by Gasteiger charge is -2.36. The van der Waals surface area contributed by atoms with Gasteiger partial charge in [-0.05, 0) is 44.7 Å². The van der Waals surface area contributed by atoms with Crippen molar-refractivity contribution in [2.75, 3.05) is 18.0 Å². The molecule has 2 rings (SSSR count). The van der Waals surface area contributed by atoms with E-state index in [4.69, 9.17) is 5.73 Å². The van der Waals surface area contributed by atoms with Gasteiger partial charge in [0.1, 0.15) is 0 Å². The van der Waals surface area contributed by atoms with Crippen LogP contribution in [0.3, 0.4) is 0 Å². The van der Waals surface area contributed by atoms with Gasteiger partial charge in [-0.3, -0.25) is 10.1 Å². The van der Waals surface area contributed by atoms with Crippen molar-refractivity contribution in [1.82, 2.24) is 4.98 Å². The Balaban J connectivity index is 2.35. The standard InChI is InChI=1S/C13H20N4O2/c1-10-8-12(17(18)19)13(15-9-10)16-7-3-2-4-11(16)5-6-14/h8-9,11H,2-7,14H2,1H3. The highest BCUT2D eigenvalue weighted by molar-refractivity contribution is 5.59. The van der Waals surface area contributed by atoms with Crippen molar-refractivity contribution in [2.24, 2.45) is 5.73 Å². The number of anilines is 1. The molecular weight excluding hydrogens is 244 g/mol. The monoisotopic (exact) mass is 264 g/mol. The van der Waals surface area contributed by atoms with E-state index in [-0.39, 0.29) is 16.7 Å². The number of piperidine rings is 1. The predicted molar refractivity (Wildman–Crippen MR) is 74.3 cm³/mol. The maximum atomic E-state index is 11.2. The normalized spacial score (nSPS) is 19.5. The molecule has 1 unspecified atom stereocenters. The van der Waals surface area contributed by atoms with Crippen LogP contribution in [0.5, 0.6) is 0 Å². The summed E-state index contributed by atoms with van der Waals surface area (Å²) in [5, 5.41) is 11.2. The minimum Gasteiger partial charge on any atom is -0.348 e. The van der Waals surface area contributed by atoms with Crippen molar-refractivity contribution < 1.29 is 4.92 Å². The Hall–Kier alpha value is -1.69. The first-order chi connectivity index (χ1) is 9.13. The fourth-order valence-electron chi connectivity index (χ4n) is 2.67. The third kappa shape index (κ3) is 3.01. The first-order valence-electron chi connectivity index (χ1n) is 6.71. The summed E-state index contributed by atoms with van der Waals surface area (Å²) in [6.45, 7) is 3.24. The Bertz CT molecular complexity index is 462.